The first kappa shape index (κ1) is 11.9. The Morgan fingerprint density at radius 2 is 2.13 bits per heavy atom. The Balaban J connectivity index is 2.49. The van der Waals surface area contributed by atoms with Crippen LogP contribution in [-0.2, 0) is 6.42 Å². The molecular weight excluding hydrogens is 188 g/mol. The van der Waals surface area contributed by atoms with Crippen LogP contribution in [0.3, 0.4) is 0 Å². The second-order valence-electron chi connectivity index (χ2n) is 3.57. The van der Waals surface area contributed by atoms with Crippen LogP contribution < -0.4 is 11.1 Å². The van der Waals surface area contributed by atoms with Gasteiger partial charge in [-0.3, -0.25) is 0 Å². The Bertz CT molecular complexity index is 299. The van der Waals surface area contributed by atoms with Gasteiger partial charge in [-0.15, -0.1) is 0 Å². The van der Waals surface area contributed by atoms with Gasteiger partial charge in [-0.05, 0) is 32.7 Å². The standard InChI is InChI=1S/C11H20N4/c1-3-10-8-11(15-9(2)14-10)13-7-5-4-6-12/h8H,3-7,12H2,1-2H3,(H,13,14,15). The van der Waals surface area contributed by atoms with Crippen LogP contribution >= 0.6 is 0 Å². The Morgan fingerprint density at radius 1 is 1.33 bits per heavy atom. The number of nitrogens with zero attached hydrogens (tertiary/aromatic N) is 2. The first-order valence-electron chi connectivity index (χ1n) is 5.54. The lowest BCUT2D eigenvalue weighted by Gasteiger charge is -2.07. The maximum atomic E-state index is 5.42. The zero-order valence-electron chi connectivity index (χ0n) is 9.58. The third kappa shape index (κ3) is 4.25. The van der Waals surface area contributed by atoms with Gasteiger partial charge in [-0.25, -0.2) is 9.97 Å². The molecular formula is C11H20N4. The summed E-state index contributed by atoms with van der Waals surface area (Å²) in [7, 11) is 0. The van der Waals surface area contributed by atoms with E-state index in [1.165, 1.54) is 0 Å². The number of rotatable bonds is 6. The summed E-state index contributed by atoms with van der Waals surface area (Å²) in [4.78, 5) is 8.65. The van der Waals surface area contributed by atoms with E-state index in [2.05, 4.69) is 22.2 Å². The molecule has 0 aliphatic heterocycles. The van der Waals surface area contributed by atoms with Gasteiger partial charge in [0.05, 0.1) is 0 Å². The molecule has 1 aromatic heterocycles. The summed E-state index contributed by atoms with van der Waals surface area (Å²) in [6.07, 6.45) is 3.08. The van der Waals surface area contributed by atoms with E-state index in [-0.39, 0.29) is 0 Å². The summed E-state index contributed by atoms with van der Waals surface area (Å²) in [6.45, 7) is 5.70. The van der Waals surface area contributed by atoms with Crippen molar-refractivity contribution in [2.24, 2.45) is 5.73 Å². The van der Waals surface area contributed by atoms with Gasteiger partial charge in [-0.2, -0.15) is 0 Å². The lowest BCUT2D eigenvalue weighted by Crippen LogP contribution is -2.08. The summed E-state index contributed by atoms with van der Waals surface area (Å²) in [5.74, 6) is 1.76. The van der Waals surface area contributed by atoms with Crippen molar-refractivity contribution >= 4 is 5.82 Å². The molecule has 1 heterocycles. The van der Waals surface area contributed by atoms with Crippen LogP contribution in [0.15, 0.2) is 6.07 Å². The molecule has 84 valence electrons. The average molecular weight is 208 g/mol. The van der Waals surface area contributed by atoms with Gasteiger partial charge >= 0.3 is 0 Å². The number of hydrogen-bond donors (Lipinski definition) is 2. The molecule has 0 unspecified atom stereocenters. The van der Waals surface area contributed by atoms with Crippen molar-refractivity contribution in [3.05, 3.63) is 17.6 Å². The van der Waals surface area contributed by atoms with E-state index in [0.29, 0.717) is 0 Å². The van der Waals surface area contributed by atoms with Gasteiger partial charge in [0.15, 0.2) is 0 Å². The third-order valence-corrected chi connectivity index (χ3v) is 2.19. The number of nitrogens with two attached hydrogens (primary N) is 1. The van der Waals surface area contributed by atoms with Gasteiger partial charge in [0, 0.05) is 18.3 Å². The Morgan fingerprint density at radius 3 is 2.80 bits per heavy atom. The fraction of sp³-hybridized carbons (Fsp3) is 0.636. The zero-order chi connectivity index (χ0) is 11.1. The molecule has 0 aliphatic rings. The Kier molecular flexibility index (Phi) is 5.04. The molecule has 15 heavy (non-hydrogen) atoms. The van der Waals surface area contributed by atoms with Crippen LogP contribution in [0.25, 0.3) is 0 Å². The highest BCUT2D eigenvalue weighted by atomic mass is 15.0. The predicted molar refractivity (Wildman–Crippen MR) is 62.9 cm³/mol. The quantitative estimate of drug-likeness (QED) is 0.695. The van der Waals surface area contributed by atoms with Gasteiger partial charge in [0.1, 0.15) is 11.6 Å². The fourth-order valence-electron chi connectivity index (χ4n) is 1.39. The molecule has 4 heteroatoms. The molecule has 0 radical (unpaired) electrons. The second kappa shape index (κ2) is 6.35. The highest BCUT2D eigenvalue weighted by Crippen LogP contribution is 2.07. The van der Waals surface area contributed by atoms with Crippen molar-refractivity contribution in [1.82, 2.24) is 9.97 Å². The van der Waals surface area contributed by atoms with Gasteiger partial charge < -0.3 is 11.1 Å². The molecule has 0 bridgehead atoms. The van der Waals surface area contributed by atoms with Crippen LogP contribution in [-0.4, -0.2) is 23.1 Å². The van der Waals surface area contributed by atoms with E-state index in [0.717, 1.165) is 49.7 Å². The topological polar surface area (TPSA) is 63.8 Å². The van der Waals surface area contributed by atoms with Crippen molar-refractivity contribution in [3.8, 4) is 0 Å². The van der Waals surface area contributed by atoms with E-state index in [4.69, 9.17) is 5.73 Å². The molecule has 4 nitrogen and oxygen atoms in total. The third-order valence-electron chi connectivity index (χ3n) is 2.19. The number of aryl methyl sites for hydroxylation is 2. The van der Waals surface area contributed by atoms with Crippen LogP contribution in [0.2, 0.25) is 0 Å². The molecule has 0 aliphatic carbocycles. The molecule has 3 N–H and O–H groups in total. The monoisotopic (exact) mass is 208 g/mol. The number of aromatic nitrogens is 2. The normalized spacial score (nSPS) is 10.3. The predicted octanol–water partition coefficient (Wildman–Crippen LogP) is 1.50. The number of nitrogens with one attached hydrogen (secondary N) is 1. The lowest BCUT2D eigenvalue weighted by atomic mass is 10.3. The van der Waals surface area contributed by atoms with E-state index >= 15 is 0 Å². The summed E-state index contributed by atoms with van der Waals surface area (Å²) < 4.78 is 0. The maximum Gasteiger partial charge on any atom is 0.129 e. The van der Waals surface area contributed by atoms with Gasteiger partial charge in [-0.1, -0.05) is 6.92 Å². The molecule has 0 atom stereocenters. The SMILES string of the molecule is CCc1cc(NCCCCN)nc(C)n1. The molecule has 0 saturated heterocycles. The van der Waals surface area contributed by atoms with Gasteiger partial charge in [0.2, 0.25) is 0 Å². The van der Waals surface area contributed by atoms with Crippen molar-refractivity contribution in [2.75, 3.05) is 18.4 Å². The molecule has 0 amide bonds. The summed E-state index contributed by atoms with van der Waals surface area (Å²) >= 11 is 0. The van der Waals surface area contributed by atoms with Crippen LogP contribution in [0, 0.1) is 6.92 Å². The summed E-state index contributed by atoms with van der Waals surface area (Å²) in [5, 5.41) is 3.29. The molecule has 0 fully saturated rings. The van der Waals surface area contributed by atoms with Crippen molar-refractivity contribution in [1.29, 1.82) is 0 Å². The second-order valence-corrected chi connectivity index (χ2v) is 3.57. The van der Waals surface area contributed by atoms with Crippen molar-refractivity contribution < 1.29 is 0 Å². The minimum atomic E-state index is 0.755. The molecule has 0 saturated carbocycles. The highest BCUT2D eigenvalue weighted by molar-refractivity contribution is 5.35. The molecule has 1 rings (SSSR count). The van der Waals surface area contributed by atoms with E-state index in [1.54, 1.807) is 0 Å². The highest BCUT2D eigenvalue weighted by Gasteiger charge is 1.99. The summed E-state index contributed by atoms with van der Waals surface area (Å²) in [6, 6.07) is 2.01. The van der Waals surface area contributed by atoms with Crippen molar-refractivity contribution in [2.45, 2.75) is 33.1 Å². The average Bonchev–Trinajstić information content (AvgIpc) is 2.23. The van der Waals surface area contributed by atoms with E-state index in [9.17, 15) is 0 Å². The van der Waals surface area contributed by atoms with Crippen LogP contribution in [0.4, 0.5) is 5.82 Å². The smallest absolute Gasteiger partial charge is 0.129 e. The summed E-state index contributed by atoms with van der Waals surface area (Å²) in [5.41, 5.74) is 6.51. The minimum absolute atomic E-state index is 0.755. The van der Waals surface area contributed by atoms with Gasteiger partial charge in [0.25, 0.3) is 0 Å². The first-order valence-corrected chi connectivity index (χ1v) is 5.54. The van der Waals surface area contributed by atoms with Crippen LogP contribution in [0.5, 0.6) is 0 Å². The van der Waals surface area contributed by atoms with E-state index < -0.39 is 0 Å². The van der Waals surface area contributed by atoms with E-state index in [1.807, 2.05) is 13.0 Å². The lowest BCUT2D eigenvalue weighted by molar-refractivity contribution is 0.771. The number of anilines is 1. The number of hydrogen-bond acceptors (Lipinski definition) is 4. The zero-order valence-corrected chi connectivity index (χ0v) is 9.58. The fourth-order valence-corrected chi connectivity index (χ4v) is 1.39. The Labute approximate surface area is 91.3 Å². The molecule has 1 aromatic rings. The molecule has 0 spiro atoms. The minimum Gasteiger partial charge on any atom is -0.370 e. The number of unbranched alkanes of at least 4 members (excludes halogenated alkanes) is 1. The largest absolute Gasteiger partial charge is 0.370 e. The Hall–Kier alpha value is -1.16. The van der Waals surface area contributed by atoms with Crippen LogP contribution in [0.1, 0.15) is 31.3 Å². The van der Waals surface area contributed by atoms with Crippen molar-refractivity contribution in [3.63, 3.8) is 0 Å². The first-order chi connectivity index (χ1) is 7.26. The molecule has 0 aromatic carbocycles. The maximum absolute atomic E-state index is 5.42.